The largest absolute Gasteiger partial charge is 2.00 e. The Kier molecular flexibility index (Phi) is 7.35. The van der Waals surface area contributed by atoms with Gasteiger partial charge < -0.3 is 30.4 Å². The molecular formula is C36H18CuN8O8+2. The summed E-state index contributed by atoms with van der Waals surface area (Å²) in [6.07, 6.45) is 0. The van der Waals surface area contributed by atoms with Gasteiger partial charge in [-0.15, -0.1) is 0 Å². The van der Waals surface area contributed by atoms with Gasteiger partial charge in [-0.1, -0.05) is 72.8 Å². The Morgan fingerprint density at radius 2 is 0.679 bits per heavy atom. The third-order valence-electron chi connectivity index (χ3n) is 8.85. The molecule has 2 aliphatic heterocycles. The van der Waals surface area contributed by atoms with Crippen LogP contribution in [0, 0.1) is 0 Å². The van der Waals surface area contributed by atoms with Crippen LogP contribution < -0.4 is 0 Å². The molecule has 259 valence electrons. The van der Waals surface area contributed by atoms with Crippen LogP contribution in [0.3, 0.4) is 0 Å². The first kappa shape index (κ1) is 32.8. The monoisotopic (exact) mass is 753 g/mol. The molecule has 8 bridgehead atoms. The van der Waals surface area contributed by atoms with Crippen LogP contribution in [0.5, 0.6) is 0 Å². The van der Waals surface area contributed by atoms with Crippen molar-refractivity contribution in [3.63, 3.8) is 0 Å². The molecule has 0 saturated carbocycles. The molecule has 0 fully saturated rings. The summed E-state index contributed by atoms with van der Waals surface area (Å²) in [6, 6.07) is 21.3. The molecule has 5 heterocycles. The van der Waals surface area contributed by atoms with Gasteiger partial charge >= 0.3 is 40.9 Å². The van der Waals surface area contributed by atoms with Crippen LogP contribution in [0.15, 0.2) is 72.8 Å². The number of aromatic amines is 2. The molecule has 0 atom stereocenters. The van der Waals surface area contributed by atoms with Crippen molar-refractivity contribution in [1.82, 2.24) is 39.9 Å². The van der Waals surface area contributed by atoms with Gasteiger partial charge in [0.15, 0.2) is 23.3 Å². The van der Waals surface area contributed by atoms with Gasteiger partial charge in [0.05, 0.1) is 22.3 Å². The van der Waals surface area contributed by atoms with Crippen LogP contribution in [0.25, 0.3) is 89.7 Å². The van der Waals surface area contributed by atoms with Gasteiger partial charge in [0.2, 0.25) is 0 Å². The van der Waals surface area contributed by atoms with E-state index < -0.39 is 56.9 Å². The van der Waals surface area contributed by atoms with E-state index in [1.165, 1.54) is 0 Å². The maximum atomic E-state index is 12.9. The molecule has 3 aromatic heterocycles. The second-order valence-corrected chi connectivity index (χ2v) is 11.7. The fraction of sp³-hybridized carbons (Fsp3) is 0. The number of hydrogen-bond acceptors (Lipinski definition) is 10. The first-order valence-electron chi connectivity index (χ1n) is 15.4. The molecule has 0 saturated heterocycles. The molecule has 17 heteroatoms. The molecule has 0 unspecified atom stereocenters. The number of aromatic carboxylic acids is 4. The maximum absolute atomic E-state index is 12.9. The predicted octanol–water partition coefficient (Wildman–Crippen LogP) is 5.66. The van der Waals surface area contributed by atoms with E-state index >= 15 is 0 Å². The summed E-state index contributed by atoms with van der Waals surface area (Å²) >= 11 is 0. The number of H-pyrrole nitrogens is 2. The average Bonchev–Trinajstić information content (AvgIpc) is 3.86. The van der Waals surface area contributed by atoms with Gasteiger partial charge in [0, 0.05) is 43.8 Å². The van der Waals surface area contributed by atoms with E-state index in [1.807, 2.05) is 24.3 Å². The van der Waals surface area contributed by atoms with Crippen molar-refractivity contribution >= 4 is 68.0 Å². The van der Waals surface area contributed by atoms with Gasteiger partial charge in [0.25, 0.3) is 0 Å². The van der Waals surface area contributed by atoms with Gasteiger partial charge in [-0.2, -0.15) is 0 Å². The molecular weight excluding hydrogens is 736 g/mol. The summed E-state index contributed by atoms with van der Waals surface area (Å²) < 4.78 is 0. The van der Waals surface area contributed by atoms with Gasteiger partial charge in [-0.3, -0.25) is 0 Å². The summed E-state index contributed by atoms with van der Waals surface area (Å²) in [5.41, 5.74) is -2.31. The van der Waals surface area contributed by atoms with E-state index in [2.05, 4.69) is 29.9 Å². The molecule has 1 radical (unpaired) electrons. The molecule has 53 heavy (non-hydrogen) atoms. The van der Waals surface area contributed by atoms with Crippen LogP contribution in [-0.4, -0.2) is 84.2 Å². The van der Waals surface area contributed by atoms with E-state index in [9.17, 15) is 39.6 Å². The van der Waals surface area contributed by atoms with Crippen molar-refractivity contribution in [1.29, 1.82) is 0 Å². The minimum Gasteiger partial charge on any atom is -0.478 e. The van der Waals surface area contributed by atoms with Gasteiger partial charge in [-0.05, 0) is 0 Å². The molecule has 9 rings (SSSR count). The Morgan fingerprint density at radius 3 is 1.00 bits per heavy atom. The minimum absolute atomic E-state index is 0. The van der Waals surface area contributed by atoms with E-state index in [0.717, 1.165) is 10.8 Å². The van der Waals surface area contributed by atoms with Gasteiger partial charge in [0.1, 0.15) is 22.6 Å². The molecule has 0 spiro atoms. The number of rotatable bonds is 4. The SMILES string of the molecule is O=C(O)c1c(C(=O)O)c(C(=O)O)c2c3nc4nc(nc5[nH]c(nc6nc(nc([nH]3)c2c1C(=O)O)-c1ccccc1-6)c1ccccc51)-c1ccccc1-4.[Cu+2]. The average molecular weight is 754 g/mol. The van der Waals surface area contributed by atoms with Crippen LogP contribution >= 0.6 is 0 Å². The maximum Gasteiger partial charge on any atom is 2.00 e. The quantitative estimate of drug-likeness (QED) is 0.119. The van der Waals surface area contributed by atoms with Crippen molar-refractivity contribution in [2.45, 2.75) is 0 Å². The third-order valence-corrected chi connectivity index (χ3v) is 8.85. The number of fused-ring (bicyclic) bond motifs is 20. The Hall–Kier alpha value is -7.36. The number of carboxylic acid groups (broad SMARTS) is 4. The van der Waals surface area contributed by atoms with Crippen molar-refractivity contribution < 1.29 is 56.7 Å². The molecule has 0 aliphatic carbocycles. The number of nitrogens with zero attached hydrogens (tertiary/aromatic N) is 6. The Balaban J connectivity index is 0.00000400. The number of hydrogen-bond donors (Lipinski definition) is 6. The fourth-order valence-corrected chi connectivity index (χ4v) is 6.76. The second kappa shape index (κ2) is 11.9. The van der Waals surface area contributed by atoms with E-state index in [0.29, 0.717) is 33.5 Å². The fourth-order valence-electron chi connectivity index (χ4n) is 6.76. The smallest absolute Gasteiger partial charge is 0.478 e. The van der Waals surface area contributed by atoms with Crippen LogP contribution in [-0.2, 0) is 17.1 Å². The molecule has 4 aromatic carbocycles. The normalized spacial score (nSPS) is 11.5. The Morgan fingerprint density at radius 1 is 0.396 bits per heavy atom. The van der Waals surface area contributed by atoms with Crippen LogP contribution in [0.1, 0.15) is 41.4 Å². The number of aromatic nitrogens is 8. The third kappa shape index (κ3) is 4.83. The summed E-state index contributed by atoms with van der Waals surface area (Å²) in [5.74, 6) is -7.17. The first-order chi connectivity index (χ1) is 25.1. The minimum atomic E-state index is -1.98. The zero-order valence-electron chi connectivity index (χ0n) is 26.3. The molecule has 2 aliphatic rings. The summed E-state index contributed by atoms with van der Waals surface area (Å²) in [7, 11) is 0. The molecule has 7 aromatic rings. The number of benzene rings is 4. The summed E-state index contributed by atoms with van der Waals surface area (Å²) in [6.45, 7) is 0. The van der Waals surface area contributed by atoms with Crippen molar-refractivity contribution in [3.8, 4) is 45.6 Å². The van der Waals surface area contributed by atoms with Crippen LogP contribution in [0.4, 0.5) is 0 Å². The van der Waals surface area contributed by atoms with E-state index in [4.69, 9.17) is 9.97 Å². The second-order valence-electron chi connectivity index (χ2n) is 11.7. The Labute approximate surface area is 304 Å². The van der Waals surface area contributed by atoms with E-state index in [1.54, 1.807) is 48.5 Å². The van der Waals surface area contributed by atoms with Crippen molar-refractivity contribution in [2.75, 3.05) is 0 Å². The predicted molar refractivity (Wildman–Crippen MR) is 184 cm³/mol. The molecule has 6 N–H and O–H groups in total. The first-order valence-corrected chi connectivity index (χ1v) is 15.4. The van der Waals surface area contributed by atoms with Gasteiger partial charge in [-0.25, -0.2) is 49.1 Å². The zero-order valence-corrected chi connectivity index (χ0v) is 27.3. The zero-order chi connectivity index (χ0) is 36.0. The van der Waals surface area contributed by atoms with E-state index in [-0.39, 0.29) is 51.7 Å². The number of carbonyl (C=O) groups is 4. The van der Waals surface area contributed by atoms with Crippen molar-refractivity contribution in [2.24, 2.45) is 0 Å². The standard InChI is InChI=1S/C36H18N8O8.Cu/c45-33(46)21-19-20(22(34(47)48)24(36(51)52)23(21)35(49)50)32-43-30-18-12-6-4-10-16(18)28(41-30)39-26-14-8-2-1-7-13(14)25(37-26)38-27-15-9-3-5-11-17(15)29(40-27)42-31(19)44-32;/h1-12H,(H,45,46)(H,47,48)(H,49,50)(H,51,52)(H2,37,38,39,40,41,42,43,44);/q;+2. The van der Waals surface area contributed by atoms with Crippen molar-refractivity contribution in [3.05, 3.63) is 95.1 Å². The molecule has 0 amide bonds. The molecule has 16 nitrogen and oxygen atoms in total. The van der Waals surface area contributed by atoms with Crippen LogP contribution in [0.2, 0.25) is 0 Å². The number of carboxylic acids is 4. The number of nitrogens with one attached hydrogen (secondary N) is 2. The Bertz CT molecular complexity index is 2810. The summed E-state index contributed by atoms with van der Waals surface area (Å²) in [4.78, 5) is 85.4. The summed E-state index contributed by atoms with van der Waals surface area (Å²) in [5, 5.41) is 41.7. The topological polar surface area (TPSA) is 258 Å².